The monoisotopic (exact) mass is 274 g/mol. The second-order valence-corrected chi connectivity index (χ2v) is 6.15. The zero-order valence-electron chi connectivity index (χ0n) is 12.5. The molecule has 1 aliphatic carbocycles. The molecule has 0 spiro atoms. The zero-order chi connectivity index (χ0) is 14.9. The van der Waals surface area contributed by atoms with E-state index in [4.69, 9.17) is 0 Å². The van der Waals surface area contributed by atoms with Crippen LogP contribution < -0.4 is 10.6 Å². The van der Waals surface area contributed by atoms with E-state index in [0.717, 1.165) is 29.7 Å². The van der Waals surface area contributed by atoms with Gasteiger partial charge in [-0.05, 0) is 52.2 Å². The van der Waals surface area contributed by atoms with Gasteiger partial charge in [0.25, 0.3) is 0 Å². The molecule has 4 nitrogen and oxygen atoms in total. The number of rotatable bonds is 4. The molecule has 20 heavy (non-hydrogen) atoms. The lowest BCUT2D eigenvalue weighted by Crippen LogP contribution is -2.45. The molecule has 0 atom stereocenters. The first-order chi connectivity index (χ1) is 9.30. The Hall–Kier alpha value is -1.84. The molecule has 1 saturated carbocycles. The van der Waals surface area contributed by atoms with Crippen molar-refractivity contribution in [3.8, 4) is 0 Å². The van der Waals surface area contributed by atoms with E-state index in [1.807, 2.05) is 32.0 Å². The number of carbonyl (C=O) groups is 2. The number of benzene rings is 1. The highest BCUT2D eigenvalue weighted by molar-refractivity contribution is 6.10. The highest BCUT2D eigenvalue weighted by Gasteiger charge is 2.38. The van der Waals surface area contributed by atoms with Gasteiger partial charge >= 0.3 is 0 Å². The summed E-state index contributed by atoms with van der Waals surface area (Å²) >= 11 is 0. The van der Waals surface area contributed by atoms with Crippen molar-refractivity contribution in [2.75, 3.05) is 5.32 Å². The molecule has 0 heterocycles. The van der Waals surface area contributed by atoms with E-state index in [2.05, 4.69) is 10.6 Å². The molecule has 1 aromatic carbocycles. The fourth-order valence-corrected chi connectivity index (χ4v) is 1.93. The summed E-state index contributed by atoms with van der Waals surface area (Å²) in [7, 11) is 0. The second kappa shape index (κ2) is 5.27. The Labute approximate surface area is 119 Å². The number of hydrogen-bond donors (Lipinski definition) is 2. The maximum atomic E-state index is 12.3. The molecule has 0 unspecified atom stereocenters. The number of anilines is 1. The quantitative estimate of drug-likeness (QED) is 0.829. The maximum Gasteiger partial charge on any atom is 0.239 e. The molecule has 2 amide bonds. The molecule has 108 valence electrons. The van der Waals surface area contributed by atoms with Crippen molar-refractivity contribution in [2.45, 2.75) is 46.6 Å². The van der Waals surface area contributed by atoms with Crippen LogP contribution in [0, 0.1) is 19.3 Å². The van der Waals surface area contributed by atoms with Crippen LogP contribution in [0.2, 0.25) is 0 Å². The Balaban J connectivity index is 2.07. The minimum atomic E-state index is -1.07. The van der Waals surface area contributed by atoms with E-state index in [0.29, 0.717) is 0 Å². The summed E-state index contributed by atoms with van der Waals surface area (Å²) in [5.74, 6) is -0.482. The lowest BCUT2D eigenvalue weighted by molar-refractivity contribution is -0.138. The van der Waals surface area contributed by atoms with Crippen LogP contribution in [0.25, 0.3) is 0 Å². The number of aryl methyl sites for hydroxylation is 2. The predicted octanol–water partition coefficient (Wildman–Crippen LogP) is 2.55. The minimum absolute atomic E-state index is 0.206. The van der Waals surface area contributed by atoms with Gasteiger partial charge in [0.15, 0.2) is 0 Å². The first-order valence-electron chi connectivity index (χ1n) is 7.00. The molecule has 0 bridgehead atoms. The summed E-state index contributed by atoms with van der Waals surface area (Å²) in [6.07, 6.45) is 2.03. The zero-order valence-corrected chi connectivity index (χ0v) is 12.5. The summed E-state index contributed by atoms with van der Waals surface area (Å²) < 4.78 is 0. The summed E-state index contributed by atoms with van der Waals surface area (Å²) in [5.41, 5.74) is 1.83. The molecule has 1 aliphatic rings. The lowest BCUT2D eigenvalue weighted by atomic mass is 9.90. The van der Waals surface area contributed by atoms with Crippen LogP contribution in [0.1, 0.15) is 37.8 Å². The second-order valence-electron chi connectivity index (χ2n) is 6.15. The number of carbonyl (C=O) groups excluding carboxylic acids is 2. The Bertz CT molecular complexity index is 545. The van der Waals surface area contributed by atoms with Crippen molar-refractivity contribution in [3.63, 3.8) is 0 Å². The summed E-state index contributed by atoms with van der Waals surface area (Å²) in [6, 6.07) is 6.08. The van der Waals surface area contributed by atoms with Crippen LogP contribution >= 0.6 is 0 Å². The Morgan fingerprint density at radius 1 is 1.15 bits per heavy atom. The largest absolute Gasteiger partial charge is 0.352 e. The minimum Gasteiger partial charge on any atom is -0.352 e. The highest BCUT2D eigenvalue weighted by atomic mass is 16.2. The highest BCUT2D eigenvalue weighted by Crippen LogP contribution is 2.25. The molecule has 2 N–H and O–H groups in total. The Morgan fingerprint density at radius 3 is 2.35 bits per heavy atom. The van der Waals surface area contributed by atoms with Crippen LogP contribution in [0.4, 0.5) is 5.69 Å². The molecule has 1 fully saturated rings. The summed E-state index contributed by atoms with van der Waals surface area (Å²) in [6.45, 7) is 7.26. The lowest BCUT2D eigenvalue weighted by Gasteiger charge is -2.23. The molecule has 0 aliphatic heterocycles. The van der Waals surface area contributed by atoms with E-state index < -0.39 is 5.41 Å². The molecule has 0 aromatic heterocycles. The van der Waals surface area contributed by atoms with Crippen LogP contribution in [-0.4, -0.2) is 17.9 Å². The van der Waals surface area contributed by atoms with Gasteiger partial charge in [-0.2, -0.15) is 0 Å². The molecular weight excluding hydrogens is 252 g/mol. The third kappa shape index (κ3) is 3.18. The van der Waals surface area contributed by atoms with Crippen LogP contribution in [-0.2, 0) is 9.59 Å². The van der Waals surface area contributed by atoms with Crippen molar-refractivity contribution >= 4 is 17.5 Å². The van der Waals surface area contributed by atoms with Gasteiger partial charge < -0.3 is 10.6 Å². The van der Waals surface area contributed by atoms with Crippen LogP contribution in [0.3, 0.4) is 0 Å². The fraction of sp³-hybridized carbons (Fsp3) is 0.500. The first-order valence-corrected chi connectivity index (χ1v) is 7.00. The van der Waals surface area contributed by atoms with Crippen LogP contribution in [0.5, 0.6) is 0 Å². The third-order valence-corrected chi connectivity index (χ3v) is 3.68. The molecule has 0 radical (unpaired) electrons. The molecular formula is C16H22N2O2. The topological polar surface area (TPSA) is 58.2 Å². The number of nitrogens with one attached hydrogen (secondary N) is 2. The van der Waals surface area contributed by atoms with Crippen molar-refractivity contribution < 1.29 is 9.59 Å². The van der Waals surface area contributed by atoms with Gasteiger partial charge in [-0.15, -0.1) is 0 Å². The predicted molar refractivity (Wildman–Crippen MR) is 79.5 cm³/mol. The van der Waals surface area contributed by atoms with Crippen molar-refractivity contribution in [3.05, 3.63) is 29.3 Å². The van der Waals surface area contributed by atoms with E-state index in [1.54, 1.807) is 13.8 Å². The van der Waals surface area contributed by atoms with Crippen molar-refractivity contribution in [1.29, 1.82) is 0 Å². The normalized spacial score (nSPS) is 14.8. The van der Waals surface area contributed by atoms with E-state index in [1.165, 1.54) is 0 Å². The van der Waals surface area contributed by atoms with Gasteiger partial charge in [0, 0.05) is 11.7 Å². The average molecular weight is 274 g/mol. The fourth-order valence-electron chi connectivity index (χ4n) is 1.93. The van der Waals surface area contributed by atoms with Gasteiger partial charge in [0.1, 0.15) is 5.41 Å². The summed E-state index contributed by atoms with van der Waals surface area (Å²) in [5, 5.41) is 5.74. The molecule has 4 heteroatoms. The third-order valence-electron chi connectivity index (χ3n) is 3.68. The molecule has 0 saturated heterocycles. The van der Waals surface area contributed by atoms with Crippen LogP contribution in [0.15, 0.2) is 18.2 Å². The summed E-state index contributed by atoms with van der Waals surface area (Å²) in [4.78, 5) is 24.5. The standard InChI is InChI=1S/C16H22N2O2/c1-10-5-8-13(11(2)9-10)18-15(20)16(3,4)14(19)17-12-6-7-12/h5,8-9,12H,6-7H2,1-4H3,(H,17,19)(H,18,20). The number of hydrogen-bond acceptors (Lipinski definition) is 2. The molecule has 1 aromatic rings. The SMILES string of the molecule is Cc1ccc(NC(=O)C(C)(C)C(=O)NC2CC2)c(C)c1. The van der Waals surface area contributed by atoms with E-state index in [-0.39, 0.29) is 17.9 Å². The van der Waals surface area contributed by atoms with E-state index in [9.17, 15) is 9.59 Å². The van der Waals surface area contributed by atoms with Gasteiger partial charge in [-0.1, -0.05) is 17.7 Å². The Morgan fingerprint density at radius 2 is 1.80 bits per heavy atom. The maximum absolute atomic E-state index is 12.3. The van der Waals surface area contributed by atoms with Gasteiger partial charge in [0.05, 0.1) is 0 Å². The Kier molecular flexibility index (Phi) is 3.84. The smallest absolute Gasteiger partial charge is 0.239 e. The molecule has 2 rings (SSSR count). The van der Waals surface area contributed by atoms with Gasteiger partial charge in [0.2, 0.25) is 11.8 Å². The van der Waals surface area contributed by atoms with Crippen molar-refractivity contribution in [1.82, 2.24) is 5.32 Å². The first kappa shape index (κ1) is 14.6. The number of amides is 2. The van der Waals surface area contributed by atoms with Gasteiger partial charge in [-0.3, -0.25) is 9.59 Å². The van der Waals surface area contributed by atoms with Gasteiger partial charge in [-0.25, -0.2) is 0 Å². The average Bonchev–Trinajstić information content (AvgIpc) is 3.16. The van der Waals surface area contributed by atoms with Crippen molar-refractivity contribution in [2.24, 2.45) is 5.41 Å². The van der Waals surface area contributed by atoms with E-state index >= 15 is 0 Å².